The number of nitrogens with one attached hydrogen (secondary N) is 2. The van der Waals surface area contributed by atoms with E-state index in [0.717, 1.165) is 13.1 Å². The Balaban J connectivity index is 1.92. The van der Waals surface area contributed by atoms with Gasteiger partial charge in [0.05, 0.1) is 5.41 Å². The highest BCUT2D eigenvalue weighted by molar-refractivity contribution is 5.86. The fourth-order valence-electron chi connectivity index (χ4n) is 2.38. The summed E-state index contributed by atoms with van der Waals surface area (Å²) in [5, 5.41) is 15.0. The Morgan fingerprint density at radius 3 is 2.33 bits per heavy atom. The first-order valence-electron chi connectivity index (χ1n) is 6.32. The number of carbonyl (C=O) groups is 2. The molecule has 1 amide bonds. The summed E-state index contributed by atoms with van der Waals surface area (Å²) in [5.74, 6) is -1.00. The predicted octanol–water partition coefficient (Wildman–Crippen LogP) is -0.264. The van der Waals surface area contributed by atoms with Gasteiger partial charge in [0.25, 0.3) is 5.91 Å². The summed E-state index contributed by atoms with van der Waals surface area (Å²) >= 11 is 0. The predicted molar refractivity (Wildman–Crippen MR) is 64.2 cm³/mol. The summed E-state index contributed by atoms with van der Waals surface area (Å²) < 4.78 is 5.39. The molecule has 1 aliphatic heterocycles. The zero-order valence-electron chi connectivity index (χ0n) is 10.6. The molecule has 0 aromatic heterocycles. The van der Waals surface area contributed by atoms with Gasteiger partial charge in [-0.2, -0.15) is 0 Å². The van der Waals surface area contributed by atoms with Crippen LogP contribution in [0.1, 0.15) is 25.7 Å². The minimum Gasteiger partial charge on any atom is -0.481 e. The molecule has 1 heterocycles. The molecule has 0 unspecified atom stereocenters. The summed E-state index contributed by atoms with van der Waals surface area (Å²) in [4.78, 5) is 23.2. The van der Waals surface area contributed by atoms with Crippen LogP contribution >= 0.6 is 0 Å². The van der Waals surface area contributed by atoms with Gasteiger partial charge in [0.1, 0.15) is 5.60 Å². The van der Waals surface area contributed by atoms with Crippen LogP contribution in [-0.4, -0.2) is 49.3 Å². The first-order chi connectivity index (χ1) is 8.55. The van der Waals surface area contributed by atoms with Crippen molar-refractivity contribution in [3.8, 4) is 0 Å². The maximum Gasteiger partial charge on any atom is 0.311 e. The summed E-state index contributed by atoms with van der Waals surface area (Å²) in [6, 6.07) is 0. The smallest absolute Gasteiger partial charge is 0.311 e. The fourth-order valence-corrected chi connectivity index (χ4v) is 2.38. The molecule has 1 saturated heterocycles. The molecule has 102 valence electrons. The molecule has 1 aliphatic carbocycles. The van der Waals surface area contributed by atoms with Crippen LogP contribution in [0.3, 0.4) is 0 Å². The number of rotatable bonds is 5. The molecular weight excluding hydrogens is 236 g/mol. The monoisotopic (exact) mass is 256 g/mol. The normalized spacial score (nSPS) is 24.3. The van der Waals surface area contributed by atoms with Crippen molar-refractivity contribution in [2.24, 2.45) is 5.41 Å². The van der Waals surface area contributed by atoms with Gasteiger partial charge in [-0.15, -0.1) is 0 Å². The summed E-state index contributed by atoms with van der Waals surface area (Å²) in [5.41, 5.74) is -1.52. The zero-order chi connectivity index (χ0) is 13.2. The summed E-state index contributed by atoms with van der Waals surface area (Å²) in [6.45, 7) is 1.69. The van der Waals surface area contributed by atoms with E-state index in [2.05, 4.69) is 10.6 Å². The highest BCUT2D eigenvalue weighted by Crippen LogP contribution is 2.45. The molecule has 1 saturated carbocycles. The highest BCUT2D eigenvalue weighted by atomic mass is 16.5. The van der Waals surface area contributed by atoms with Gasteiger partial charge in [0.15, 0.2) is 0 Å². The number of carbonyl (C=O) groups excluding carboxylic acids is 1. The number of hydrogen-bond donors (Lipinski definition) is 3. The average Bonchev–Trinajstić information content (AvgIpc) is 3.18. The molecule has 6 heteroatoms. The lowest BCUT2D eigenvalue weighted by Gasteiger charge is -2.35. The van der Waals surface area contributed by atoms with Gasteiger partial charge in [-0.25, -0.2) is 0 Å². The number of carboxylic acid groups (broad SMARTS) is 1. The second kappa shape index (κ2) is 4.85. The fraction of sp³-hybridized carbons (Fsp3) is 0.833. The van der Waals surface area contributed by atoms with Crippen molar-refractivity contribution in [1.29, 1.82) is 0 Å². The number of ether oxygens (including phenoxy) is 1. The van der Waals surface area contributed by atoms with Crippen molar-refractivity contribution in [2.75, 3.05) is 26.7 Å². The molecule has 3 N–H and O–H groups in total. The van der Waals surface area contributed by atoms with Gasteiger partial charge in [-0.3, -0.25) is 9.59 Å². The molecule has 0 aromatic rings. The maximum absolute atomic E-state index is 12.2. The highest BCUT2D eigenvalue weighted by Gasteiger charge is 2.51. The van der Waals surface area contributed by atoms with E-state index >= 15 is 0 Å². The van der Waals surface area contributed by atoms with E-state index in [1.165, 1.54) is 7.11 Å². The third-order valence-corrected chi connectivity index (χ3v) is 4.11. The number of carboxylic acids is 1. The van der Waals surface area contributed by atoms with E-state index in [0.29, 0.717) is 25.7 Å². The molecule has 18 heavy (non-hydrogen) atoms. The van der Waals surface area contributed by atoms with Crippen molar-refractivity contribution in [3.05, 3.63) is 0 Å². The van der Waals surface area contributed by atoms with Crippen molar-refractivity contribution < 1.29 is 19.4 Å². The molecule has 2 aliphatic rings. The molecule has 0 bridgehead atoms. The maximum atomic E-state index is 12.2. The Bertz CT molecular complexity index is 346. The molecule has 0 spiro atoms. The van der Waals surface area contributed by atoms with Crippen molar-refractivity contribution in [1.82, 2.24) is 10.6 Å². The molecule has 2 rings (SSSR count). The molecule has 0 atom stereocenters. The lowest BCUT2D eigenvalue weighted by atomic mass is 9.91. The van der Waals surface area contributed by atoms with Crippen LogP contribution in [0, 0.1) is 5.41 Å². The average molecular weight is 256 g/mol. The van der Waals surface area contributed by atoms with Crippen molar-refractivity contribution >= 4 is 11.9 Å². The van der Waals surface area contributed by atoms with E-state index in [1.54, 1.807) is 0 Å². The second-order valence-electron chi connectivity index (χ2n) is 5.22. The first-order valence-corrected chi connectivity index (χ1v) is 6.32. The van der Waals surface area contributed by atoms with Crippen molar-refractivity contribution in [2.45, 2.75) is 31.3 Å². The topological polar surface area (TPSA) is 87.7 Å². The van der Waals surface area contributed by atoms with E-state index in [4.69, 9.17) is 9.84 Å². The molecular formula is C12H20N2O4. The summed E-state index contributed by atoms with van der Waals surface area (Å²) in [7, 11) is 1.54. The van der Waals surface area contributed by atoms with Crippen LogP contribution in [0.25, 0.3) is 0 Å². The minimum absolute atomic E-state index is 0.181. The van der Waals surface area contributed by atoms with Gasteiger partial charge in [-0.1, -0.05) is 0 Å². The summed E-state index contributed by atoms with van der Waals surface area (Å²) in [6.07, 6.45) is 2.53. The van der Waals surface area contributed by atoms with Gasteiger partial charge in [0.2, 0.25) is 0 Å². The number of hydrogen-bond acceptors (Lipinski definition) is 4. The Morgan fingerprint density at radius 1 is 1.28 bits per heavy atom. The van der Waals surface area contributed by atoms with Crippen LogP contribution in [0.5, 0.6) is 0 Å². The SMILES string of the molecule is COC1(C(=O)NCC2(C(=O)O)CC2)CCNCC1. The van der Waals surface area contributed by atoms with Gasteiger partial charge >= 0.3 is 5.97 Å². The minimum atomic E-state index is -0.820. The Morgan fingerprint density at radius 2 is 1.89 bits per heavy atom. The standard InChI is InChI=1S/C12H20N2O4/c1-18-12(4-6-13-7-5-12)9(15)14-8-11(2-3-11)10(16)17/h13H,2-8H2,1H3,(H,14,15)(H,16,17). The molecule has 2 fully saturated rings. The number of aliphatic carboxylic acids is 1. The van der Waals surface area contributed by atoms with Gasteiger partial charge in [-0.05, 0) is 38.8 Å². The lowest BCUT2D eigenvalue weighted by Crippen LogP contribution is -2.55. The third-order valence-electron chi connectivity index (χ3n) is 4.11. The van der Waals surface area contributed by atoms with Crippen LogP contribution < -0.4 is 10.6 Å². The lowest BCUT2D eigenvalue weighted by molar-refractivity contribution is -0.148. The Kier molecular flexibility index (Phi) is 3.59. The van der Waals surface area contributed by atoms with Crippen molar-refractivity contribution in [3.63, 3.8) is 0 Å². The van der Waals surface area contributed by atoms with E-state index in [1.807, 2.05) is 0 Å². The molecule has 6 nitrogen and oxygen atoms in total. The Labute approximate surface area is 106 Å². The number of amides is 1. The van der Waals surface area contributed by atoms with Crippen LogP contribution in [0.2, 0.25) is 0 Å². The number of piperidine rings is 1. The third kappa shape index (κ3) is 2.35. The molecule has 0 aromatic carbocycles. The van der Waals surface area contributed by atoms with E-state index < -0.39 is 17.0 Å². The van der Waals surface area contributed by atoms with Crippen LogP contribution in [0.4, 0.5) is 0 Å². The molecule has 0 radical (unpaired) electrons. The first kappa shape index (κ1) is 13.3. The van der Waals surface area contributed by atoms with Gasteiger partial charge in [0, 0.05) is 13.7 Å². The number of methoxy groups -OCH3 is 1. The second-order valence-corrected chi connectivity index (χ2v) is 5.22. The van der Waals surface area contributed by atoms with Gasteiger partial charge < -0.3 is 20.5 Å². The zero-order valence-corrected chi connectivity index (χ0v) is 10.6. The largest absolute Gasteiger partial charge is 0.481 e. The van der Waals surface area contributed by atoms with Crippen LogP contribution in [-0.2, 0) is 14.3 Å². The quantitative estimate of drug-likeness (QED) is 0.630. The van der Waals surface area contributed by atoms with E-state index in [-0.39, 0.29) is 12.5 Å². The van der Waals surface area contributed by atoms with E-state index in [9.17, 15) is 9.59 Å². The Hall–Kier alpha value is -1.14. The van der Waals surface area contributed by atoms with Crippen LogP contribution in [0.15, 0.2) is 0 Å².